The number of fused-ring (bicyclic) bond motifs is 1. The van der Waals surface area contributed by atoms with Gasteiger partial charge in [0.2, 0.25) is 5.91 Å². The first-order valence-corrected chi connectivity index (χ1v) is 5.61. The lowest BCUT2D eigenvalue weighted by Gasteiger charge is -2.09. The highest BCUT2D eigenvalue weighted by Crippen LogP contribution is 2.41. The van der Waals surface area contributed by atoms with E-state index in [4.69, 9.17) is 5.11 Å². The predicted molar refractivity (Wildman–Crippen MR) is 62.5 cm³/mol. The molecule has 1 unspecified atom stereocenters. The van der Waals surface area contributed by atoms with E-state index < -0.39 is 11.9 Å². The number of halogens is 1. The van der Waals surface area contributed by atoms with Gasteiger partial charge in [0.25, 0.3) is 0 Å². The van der Waals surface area contributed by atoms with Gasteiger partial charge in [-0.05, 0) is 18.6 Å². The largest absolute Gasteiger partial charge is 0.481 e. The van der Waals surface area contributed by atoms with Crippen LogP contribution in [0.2, 0.25) is 0 Å². The number of aliphatic carboxylic acids is 1. The van der Waals surface area contributed by atoms with Crippen molar-refractivity contribution in [3.8, 4) is 0 Å². The van der Waals surface area contributed by atoms with Crippen LogP contribution in [0.4, 0.5) is 5.69 Å². The van der Waals surface area contributed by atoms with Gasteiger partial charge >= 0.3 is 5.97 Å². The number of rotatable bonds is 2. The van der Waals surface area contributed by atoms with Crippen molar-refractivity contribution in [1.29, 1.82) is 0 Å². The Morgan fingerprint density at radius 3 is 2.88 bits per heavy atom. The van der Waals surface area contributed by atoms with Crippen LogP contribution >= 0.6 is 15.9 Å². The van der Waals surface area contributed by atoms with Crippen molar-refractivity contribution < 1.29 is 14.7 Å². The third-order valence-electron chi connectivity index (χ3n) is 2.67. The summed E-state index contributed by atoms with van der Waals surface area (Å²) in [6, 6.07) is 3.68. The first-order valence-electron chi connectivity index (χ1n) is 4.82. The molecule has 0 bridgehead atoms. The van der Waals surface area contributed by atoms with Crippen molar-refractivity contribution in [2.75, 3.05) is 5.32 Å². The number of hydrogen-bond acceptors (Lipinski definition) is 2. The van der Waals surface area contributed by atoms with Crippen LogP contribution in [-0.2, 0) is 9.59 Å². The van der Waals surface area contributed by atoms with Crippen LogP contribution in [0.1, 0.15) is 23.5 Å². The van der Waals surface area contributed by atoms with Crippen molar-refractivity contribution in [3.05, 3.63) is 27.7 Å². The molecule has 0 saturated heterocycles. The van der Waals surface area contributed by atoms with E-state index in [2.05, 4.69) is 21.2 Å². The van der Waals surface area contributed by atoms with E-state index >= 15 is 0 Å². The minimum absolute atomic E-state index is 0.180. The predicted octanol–water partition coefficient (Wildman–Crippen LogP) is 2.27. The van der Waals surface area contributed by atoms with E-state index in [-0.39, 0.29) is 12.3 Å². The molecule has 84 valence electrons. The molecule has 1 aromatic rings. The van der Waals surface area contributed by atoms with Crippen molar-refractivity contribution in [3.63, 3.8) is 0 Å². The molecule has 2 rings (SSSR count). The molecule has 0 radical (unpaired) electrons. The average Bonchev–Trinajstić information content (AvgIpc) is 2.50. The van der Waals surface area contributed by atoms with Crippen molar-refractivity contribution in [1.82, 2.24) is 0 Å². The van der Waals surface area contributed by atoms with Crippen LogP contribution < -0.4 is 5.32 Å². The van der Waals surface area contributed by atoms with Crippen LogP contribution in [0.15, 0.2) is 16.6 Å². The molecule has 2 N–H and O–H groups in total. The lowest BCUT2D eigenvalue weighted by atomic mass is 9.96. The number of hydrogen-bond donors (Lipinski definition) is 2. The van der Waals surface area contributed by atoms with Crippen LogP contribution in [0, 0.1) is 6.92 Å². The summed E-state index contributed by atoms with van der Waals surface area (Å²) in [5.41, 5.74) is 2.45. The summed E-state index contributed by atoms with van der Waals surface area (Å²) in [5, 5.41) is 11.5. The molecular formula is C11H10BrNO3. The Balaban J connectivity index is 2.50. The van der Waals surface area contributed by atoms with Crippen molar-refractivity contribution in [2.24, 2.45) is 0 Å². The minimum atomic E-state index is -0.971. The molecule has 0 spiro atoms. The second-order valence-electron chi connectivity index (χ2n) is 3.80. The number of carboxylic acid groups (broad SMARTS) is 1. The van der Waals surface area contributed by atoms with Gasteiger partial charge in [-0.25, -0.2) is 0 Å². The molecule has 4 nitrogen and oxygen atoms in total. The number of benzene rings is 1. The Hall–Kier alpha value is -1.36. The topological polar surface area (TPSA) is 66.4 Å². The minimum Gasteiger partial charge on any atom is -0.481 e. The Kier molecular flexibility index (Phi) is 2.71. The summed E-state index contributed by atoms with van der Waals surface area (Å²) < 4.78 is 0.814. The maximum absolute atomic E-state index is 11.6. The van der Waals surface area contributed by atoms with E-state index in [0.29, 0.717) is 5.69 Å². The molecule has 1 heterocycles. The summed E-state index contributed by atoms with van der Waals surface area (Å²) >= 11 is 3.40. The van der Waals surface area contributed by atoms with E-state index in [1.54, 1.807) is 6.07 Å². The van der Waals surface area contributed by atoms with Gasteiger partial charge in [-0.3, -0.25) is 9.59 Å². The highest BCUT2D eigenvalue weighted by atomic mass is 79.9. The molecule has 0 saturated carbocycles. The van der Waals surface area contributed by atoms with E-state index in [9.17, 15) is 9.59 Å². The molecule has 0 aliphatic carbocycles. The smallest absolute Gasteiger partial charge is 0.304 e. The summed E-state index contributed by atoms with van der Waals surface area (Å²) in [7, 11) is 0. The van der Waals surface area contributed by atoms with Gasteiger partial charge in [-0.2, -0.15) is 0 Å². The van der Waals surface area contributed by atoms with Gasteiger partial charge in [-0.1, -0.05) is 22.0 Å². The maximum atomic E-state index is 11.6. The lowest BCUT2D eigenvalue weighted by molar-refractivity contribution is -0.138. The summed E-state index contributed by atoms with van der Waals surface area (Å²) in [4.78, 5) is 22.3. The molecular weight excluding hydrogens is 274 g/mol. The highest BCUT2D eigenvalue weighted by Gasteiger charge is 2.34. The van der Waals surface area contributed by atoms with Gasteiger partial charge in [-0.15, -0.1) is 0 Å². The second-order valence-corrected chi connectivity index (χ2v) is 4.59. The highest BCUT2D eigenvalue weighted by molar-refractivity contribution is 9.10. The molecule has 1 atom stereocenters. The molecule has 5 heteroatoms. The maximum Gasteiger partial charge on any atom is 0.304 e. The van der Waals surface area contributed by atoms with Gasteiger partial charge in [0.15, 0.2) is 0 Å². The van der Waals surface area contributed by atoms with Crippen LogP contribution in [0.5, 0.6) is 0 Å². The number of anilines is 1. The molecule has 1 aliphatic heterocycles. The van der Waals surface area contributed by atoms with E-state index in [1.165, 1.54) is 0 Å². The van der Waals surface area contributed by atoms with Gasteiger partial charge < -0.3 is 10.4 Å². The average molecular weight is 284 g/mol. The summed E-state index contributed by atoms with van der Waals surface area (Å²) in [6.07, 6.45) is -0.180. The molecule has 1 amide bonds. The molecule has 0 aromatic heterocycles. The van der Waals surface area contributed by atoms with E-state index in [1.807, 2.05) is 13.0 Å². The Morgan fingerprint density at radius 2 is 2.25 bits per heavy atom. The third-order valence-corrected chi connectivity index (χ3v) is 3.73. The number of amides is 1. The number of carbonyl (C=O) groups is 2. The van der Waals surface area contributed by atoms with E-state index in [0.717, 1.165) is 15.6 Å². The quantitative estimate of drug-likeness (QED) is 0.875. The zero-order valence-corrected chi connectivity index (χ0v) is 10.2. The van der Waals surface area contributed by atoms with Crippen LogP contribution in [0.25, 0.3) is 0 Å². The zero-order valence-electron chi connectivity index (χ0n) is 8.58. The first kappa shape index (κ1) is 11.1. The Labute approximate surface area is 101 Å². The SMILES string of the molecule is Cc1ccc2c(c1Br)C(CC(=O)O)C(=O)N2. The number of carboxylic acids is 1. The fourth-order valence-electron chi connectivity index (χ4n) is 1.87. The monoisotopic (exact) mass is 283 g/mol. The molecule has 1 aliphatic rings. The molecule has 16 heavy (non-hydrogen) atoms. The molecule has 1 aromatic carbocycles. The van der Waals surface area contributed by atoms with Crippen LogP contribution in [0.3, 0.4) is 0 Å². The Morgan fingerprint density at radius 1 is 1.56 bits per heavy atom. The third kappa shape index (κ3) is 1.71. The van der Waals surface area contributed by atoms with Gasteiger partial charge in [0.1, 0.15) is 0 Å². The molecule has 0 fully saturated rings. The lowest BCUT2D eigenvalue weighted by Crippen LogP contribution is -2.15. The normalized spacial score (nSPS) is 18.1. The summed E-state index contributed by atoms with van der Waals surface area (Å²) in [6.45, 7) is 1.91. The second kappa shape index (κ2) is 3.90. The fourth-order valence-corrected chi connectivity index (χ4v) is 2.49. The Bertz CT molecular complexity index is 484. The number of carbonyl (C=O) groups excluding carboxylic acids is 1. The number of aryl methyl sites for hydroxylation is 1. The standard InChI is InChI=1S/C11H10BrNO3/c1-5-2-3-7-9(10(5)12)6(4-8(14)15)11(16)13-7/h2-3,6H,4H2,1H3,(H,13,16)(H,14,15). The zero-order chi connectivity index (χ0) is 11.9. The fraction of sp³-hybridized carbons (Fsp3) is 0.273. The van der Waals surface area contributed by atoms with Gasteiger partial charge in [0, 0.05) is 15.7 Å². The van der Waals surface area contributed by atoms with Crippen LogP contribution in [-0.4, -0.2) is 17.0 Å². The van der Waals surface area contributed by atoms with Crippen molar-refractivity contribution >= 4 is 33.5 Å². The number of nitrogens with one attached hydrogen (secondary N) is 1. The van der Waals surface area contributed by atoms with Gasteiger partial charge in [0.05, 0.1) is 12.3 Å². The first-order chi connectivity index (χ1) is 7.50. The summed E-state index contributed by atoms with van der Waals surface area (Å²) in [5.74, 6) is -1.81. The van der Waals surface area contributed by atoms with Crippen molar-refractivity contribution in [2.45, 2.75) is 19.3 Å².